The Labute approximate surface area is 222 Å². The molecule has 2 heterocycles. The second kappa shape index (κ2) is 10.4. The van der Waals surface area contributed by atoms with Crippen molar-refractivity contribution in [2.75, 3.05) is 31.5 Å². The largest absolute Gasteiger partial charge is 0.364 e. The Morgan fingerprint density at radius 1 is 0.861 bits per heavy atom. The molecule has 7 nitrogen and oxygen atoms in total. The lowest BCUT2D eigenvalue weighted by Crippen LogP contribution is -2.50. The number of anilines is 1. The summed E-state index contributed by atoms with van der Waals surface area (Å²) in [7, 11) is 0. The van der Waals surface area contributed by atoms with Gasteiger partial charge < -0.3 is 15.1 Å². The van der Waals surface area contributed by atoms with E-state index in [1.54, 1.807) is 28.0 Å². The van der Waals surface area contributed by atoms with E-state index in [0.29, 0.717) is 58.9 Å². The van der Waals surface area contributed by atoms with Crippen LogP contribution in [0.25, 0.3) is 10.9 Å². The minimum absolute atomic E-state index is 0.0617. The summed E-state index contributed by atoms with van der Waals surface area (Å²) in [4.78, 5) is 29.5. The van der Waals surface area contributed by atoms with Crippen molar-refractivity contribution in [1.29, 1.82) is 0 Å². The number of aromatic nitrogens is 2. The monoisotopic (exact) mass is 541 g/mol. The van der Waals surface area contributed by atoms with Crippen LogP contribution in [-0.2, 0) is 6.54 Å². The van der Waals surface area contributed by atoms with Crippen LogP contribution in [0.2, 0.25) is 15.1 Å². The maximum atomic E-state index is 13.2. The van der Waals surface area contributed by atoms with Gasteiger partial charge in [0.1, 0.15) is 0 Å². The Balaban J connectivity index is 1.20. The number of H-pyrrole nitrogens is 1. The third-order valence-corrected chi connectivity index (χ3v) is 6.96. The van der Waals surface area contributed by atoms with Crippen LogP contribution in [0.5, 0.6) is 0 Å². The van der Waals surface area contributed by atoms with E-state index >= 15 is 0 Å². The van der Waals surface area contributed by atoms with E-state index in [-0.39, 0.29) is 11.8 Å². The highest BCUT2D eigenvalue weighted by Gasteiger charge is 2.26. The minimum Gasteiger partial charge on any atom is -0.364 e. The Hall–Kier alpha value is -3.26. The van der Waals surface area contributed by atoms with Crippen LogP contribution >= 0.6 is 34.8 Å². The summed E-state index contributed by atoms with van der Waals surface area (Å²) in [6.45, 7) is 2.26. The molecular weight excluding hydrogens is 521 g/mol. The molecule has 5 rings (SSSR count). The third kappa shape index (κ3) is 5.14. The van der Waals surface area contributed by atoms with Gasteiger partial charge in [-0.25, -0.2) is 0 Å². The lowest BCUT2D eigenvalue weighted by atomic mass is 10.1. The van der Waals surface area contributed by atoms with Crippen LogP contribution in [0, 0.1) is 0 Å². The van der Waals surface area contributed by atoms with Gasteiger partial charge in [-0.3, -0.25) is 14.7 Å². The van der Waals surface area contributed by atoms with Crippen molar-refractivity contribution in [2.45, 2.75) is 6.54 Å². The summed E-state index contributed by atoms with van der Waals surface area (Å²) >= 11 is 18.2. The van der Waals surface area contributed by atoms with Gasteiger partial charge in [0.25, 0.3) is 11.8 Å². The van der Waals surface area contributed by atoms with Gasteiger partial charge >= 0.3 is 0 Å². The molecule has 1 aromatic heterocycles. The van der Waals surface area contributed by atoms with Crippen molar-refractivity contribution in [3.8, 4) is 0 Å². The molecule has 0 saturated carbocycles. The number of aromatic amines is 1. The zero-order valence-electron chi connectivity index (χ0n) is 19.1. The van der Waals surface area contributed by atoms with Gasteiger partial charge in [0, 0.05) is 53.7 Å². The molecule has 1 fully saturated rings. The number of benzene rings is 3. The van der Waals surface area contributed by atoms with E-state index in [4.69, 9.17) is 34.8 Å². The predicted octanol–water partition coefficient (Wildman–Crippen LogP) is 5.73. The van der Waals surface area contributed by atoms with E-state index in [2.05, 4.69) is 15.5 Å². The molecule has 2 amide bonds. The Morgan fingerprint density at radius 2 is 1.56 bits per heavy atom. The van der Waals surface area contributed by atoms with Crippen LogP contribution in [0.1, 0.15) is 26.3 Å². The summed E-state index contributed by atoms with van der Waals surface area (Å²) in [5.41, 5.74) is 2.82. The van der Waals surface area contributed by atoms with Gasteiger partial charge in [0.05, 0.1) is 16.1 Å². The number of halogens is 3. The summed E-state index contributed by atoms with van der Waals surface area (Å²) in [6.07, 6.45) is 0. The molecule has 36 heavy (non-hydrogen) atoms. The lowest BCUT2D eigenvalue weighted by molar-refractivity contribution is 0.0535. The van der Waals surface area contributed by atoms with E-state index < -0.39 is 0 Å². The molecule has 0 bridgehead atoms. The molecule has 0 radical (unpaired) electrons. The number of piperazine rings is 1. The number of carbonyl (C=O) groups excluding carboxylic acids is 2. The van der Waals surface area contributed by atoms with Crippen molar-refractivity contribution in [3.63, 3.8) is 0 Å². The molecule has 4 aromatic rings. The van der Waals surface area contributed by atoms with Crippen LogP contribution < -0.4 is 5.32 Å². The SMILES string of the molecule is O=C(c1cccc(CNc2n[nH]c3cc(Cl)ccc23)c1)N1CCN(C(=O)c2ccc(Cl)cc2Cl)CC1. The van der Waals surface area contributed by atoms with Gasteiger partial charge in [-0.15, -0.1) is 0 Å². The number of hydrogen-bond acceptors (Lipinski definition) is 4. The van der Waals surface area contributed by atoms with Crippen molar-refractivity contribution >= 4 is 63.3 Å². The summed E-state index contributed by atoms with van der Waals surface area (Å²) in [5, 5.41) is 13.0. The highest BCUT2D eigenvalue weighted by Crippen LogP contribution is 2.25. The number of nitrogens with one attached hydrogen (secondary N) is 2. The highest BCUT2D eigenvalue weighted by atomic mass is 35.5. The van der Waals surface area contributed by atoms with Crippen molar-refractivity contribution < 1.29 is 9.59 Å². The molecule has 0 unspecified atom stereocenters. The first-order valence-corrected chi connectivity index (χ1v) is 12.5. The van der Waals surface area contributed by atoms with E-state index in [1.165, 1.54) is 0 Å². The number of fused-ring (bicyclic) bond motifs is 1. The fourth-order valence-electron chi connectivity index (χ4n) is 4.26. The summed E-state index contributed by atoms with van der Waals surface area (Å²) in [5.74, 6) is 0.498. The van der Waals surface area contributed by atoms with Gasteiger partial charge in [0.15, 0.2) is 5.82 Å². The number of nitrogens with zero attached hydrogens (tertiary/aromatic N) is 3. The Kier molecular flexibility index (Phi) is 7.05. The quantitative estimate of drug-likeness (QED) is 0.337. The lowest BCUT2D eigenvalue weighted by Gasteiger charge is -2.35. The third-order valence-electron chi connectivity index (χ3n) is 6.17. The molecule has 3 aromatic carbocycles. The van der Waals surface area contributed by atoms with Gasteiger partial charge in [-0.2, -0.15) is 5.10 Å². The fourth-order valence-corrected chi connectivity index (χ4v) is 4.92. The molecule has 184 valence electrons. The molecule has 1 aliphatic heterocycles. The average Bonchev–Trinajstić information content (AvgIpc) is 3.29. The van der Waals surface area contributed by atoms with E-state index in [1.807, 2.05) is 42.5 Å². The van der Waals surface area contributed by atoms with Gasteiger partial charge in [-0.1, -0.05) is 46.9 Å². The molecule has 0 spiro atoms. The first-order valence-electron chi connectivity index (χ1n) is 11.4. The molecule has 1 saturated heterocycles. The normalized spacial score (nSPS) is 13.8. The van der Waals surface area contributed by atoms with E-state index in [0.717, 1.165) is 22.3 Å². The van der Waals surface area contributed by atoms with E-state index in [9.17, 15) is 9.59 Å². The zero-order valence-corrected chi connectivity index (χ0v) is 21.4. The first kappa shape index (κ1) is 24.4. The first-order chi connectivity index (χ1) is 17.4. The predicted molar refractivity (Wildman–Crippen MR) is 143 cm³/mol. The Morgan fingerprint density at radius 3 is 2.31 bits per heavy atom. The van der Waals surface area contributed by atoms with Crippen LogP contribution in [0.3, 0.4) is 0 Å². The number of rotatable bonds is 5. The number of carbonyl (C=O) groups is 2. The number of hydrogen-bond donors (Lipinski definition) is 2. The van der Waals surface area contributed by atoms with Gasteiger partial charge in [-0.05, 0) is 54.1 Å². The molecule has 0 aliphatic carbocycles. The van der Waals surface area contributed by atoms with Crippen LogP contribution in [0.15, 0.2) is 60.7 Å². The minimum atomic E-state index is -0.162. The fraction of sp³-hybridized carbons (Fsp3) is 0.192. The van der Waals surface area contributed by atoms with Crippen molar-refractivity contribution in [2.24, 2.45) is 0 Å². The molecular formula is C26H22Cl3N5O2. The average molecular weight is 543 g/mol. The summed E-state index contributed by atoms with van der Waals surface area (Å²) in [6, 6.07) is 17.9. The molecule has 1 aliphatic rings. The maximum absolute atomic E-state index is 13.2. The summed E-state index contributed by atoms with van der Waals surface area (Å²) < 4.78 is 0. The zero-order chi connectivity index (χ0) is 25.2. The number of amides is 2. The molecule has 2 N–H and O–H groups in total. The topological polar surface area (TPSA) is 81.3 Å². The maximum Gasteiger partial charge on any atom is 0.255 e. The standard InChI is InChI=1S/C26H22Cl3N5O2/c27-18-4-6-20(22(29)13-18)26(36)34-10-8-33(9-11-34)25(35)17-3-1-2-16(12-17)15-30-24-21-7-5-19(28)14-23(21)31-32-24/h1-7,12-14H,8-11,15H2,(H2,30,31,32). The van der Waals surface area contributed by atoms with Crippen molar-refractivity contribution in [3.05, 3.63) is 92.4 Å². The van der Waals surface area contributed by atoms with Crippen LogP contribution in [-0.4, -0.2) is 58.0 Å². The van der Waals surface area contributed by atoms with Crippen molar-refractivity contribution in [1.82, 2.24) is 20.0 Å². The van der Waals surface area contributed by atoms with Gasteiger partial charge in [0.2, 0.25) is 0 Å². The smallest absolute Gasteiger partial charge is 0.255 e. The van der Waals surface area contributed by atoms with Crippen LogP contribution in [0.4, 0.5) is 5.82 Å². The Bertz CT molecular complexity index is 1450. The second-order valence-electron chi connectivity index (χ2n) is 8.52. The molecule has 10 heteroatoms. The molecule has 0 atom stereocenters. The second-order valence-corrected chi connectivity index (χ2v) is 9.80. The highest BCUT2D eigenvalue weighted by molar-refractivity contribution is 6.36.